The Bertz CT molecular complexity index is 642. The molecule has 0 saturated heterocycles. The van der Waals surface area contributed by atoms with E-state index >= 15 is 0 Å². The van der Waals surface area contributed by atoms with E-state index in [9.17, 15) is 9.32 Å². The van der Waals surface area contributed by atoms with E-state index in [1.807, 2.05) is 32.0 Å². The van der Waals surface area contributed by atoms with Gasteiger partial charge in [-0.1, -0.05) is 12.1 Å². The Morgan fingerprint density at radius 1 is 1.43 bits per heavy atom. The van der Waals surface area contributed by atoms with Gasteiger partial charge in [-0.25, -0.2) is 9.67 Å². The molecule has 0 aliphatic rings. The zero-order chi connectivity index (χ0) is 15.4. The molecule has 0 spiro atoms. The lowest BCUT2D eigenvalue weighted by molar-refractivity contribution is 0.0886. The van der Waals surface area contributed by atoms with Gasteiger partial charge in [0, 0.05) is 6.26 Å². The van der Waals surface area contributed by atoms with Gasteiger partial charge in [0.2, 0.25) is 5.16 Å². The van der Waals surface area contributed by atoms with Gasteiger partial charge in [0.15, 0.2) is 0 Å². The van der Waals surface area contributed by atoms with Crippen LogP contribution in [0.1, 0.15) is 11.1 Å². The molecule has 1 aromatic carbocycles. The van der Waals surface area contributed by atoms with Crippen LogP contribution in [0, 0.1) is 13.8 Å². The minimum atomic E-state index is -1.22. The van der Waals surface area contributed by atoms with Crippen LogP contribution in [0.2, 0.25) is 0 Å². The van der Waals surface area contributed by atoms with Crippen molar-refractivity contribution in [2.75, 3.05) is 12.9 Å². The van der Waals surface area contributed by atoms with Gasteiger partial charge >= 0.3 is 0 Å². The molecular weight excluding hydrogens is 290 g/mol. The first-order valence-corrected chi connectivity index (χ1v) is 8.12. The number of rotatable bonds is 6. The fourth-order valence-electron chi connectivity index (χ4n) is 1.81. The van der Waals surface area contributed by atoms with E-state index in [4.69, 9.17) is 4.74 Å². The fourth-order valence-corrected chi connectivity index (χ4v) is 2.23. The van der Waals surface area contributed by atoms with Crippen molar-refractivity contribution in [3.63, 3.8) is 0 Å². The molecule has 0 bridgehead atoms. The Balaban J connectivity index is 1.90. The van der Waals surface area contributed by atoms with Crippen molar-refractivity contribution in [1.29, 1.82) is 0 Å². The van der Waals surface area contributed by atoms with Gasteiger partial charge in [0.05, 0.1) is 17.3 Å². The number of hydrogen-bond acceptors (Lipinski definition) is 5. The highest BCUT2D eigenvalue weighted by Gasteiger charge is 2.11. The number of aliphatic hydroxyl groups excluding tert-OH is 1. The smallest absolute Gasteiger partial charge is 0.238 e. The summed E-state index contributed by atoms with van der Waals surface area (Å²) in [6.45, 7) is 4.36. The predicted octanol–water partition coefficient (Wildman–Crippen LogP) is 1.07. The van der Waals surface area contributed by atoms with E-state index < -0.39 is 16.9 Å². The van der Waals surface area contributed by atoms with Gasteiger partial charge in [-0.3, -0.25) is 4.21 Å². The minimum Gasteiger partial charge on any atom is -0.491 e. The molecule has 2 rings (SSSR count). The molecule has 1 N–H and O–H groups in total. The zero-order valence-electron chi connectivity index (χ0n) is 12.3. The van der Waals surface area contributed by atoms with E-state index in [0.717, 1.165) is 16.9 Å². The highest BCUT2D eigenvalue weighted by atomic mass is 32.2. The number of ether oxygens (including phenoxy) is 1. The van der Waals surface area contributed by atoms with Crippen LogP contribution in [-0.4, -0.2) is 43.0 Å². The van der Waals surface area contributed by atoms with Gasteiger partial charge in [-0.05, 0) is 31.0 Å². The molecule has 2 unspecified atom stereocenters. The van der Waals surface area contributed by atoms with Crippen LogP contribution in [-0.2, 0) is 17.3 Å². The highest BCUT2D eigenvalue weighted by molar-refractivity contribution is 7.84. The van der Waals surface area contributed by atoms with Crippen molar-refractivity contribution in [3.8, 4) is 5.75 Å². The van der Waals surface area contributed by atoms with E-state index in [1.54, 1.807) is 0 Å². The SMILES string of the molecule is Cc1ccc(C)c(OCC(O)Cn2cnc(S(C)=O)n2)c1. The lowest BCUT2D eigenvalue weighted by Crippen LogP contribution is -2.24. The summed E-state index contributed by atoms with van der Waals surface area (Å²) in [6, 6.07) is 5.94. The molecular formula is C14H19N3O3S. The number of benzene rings is 1. The Morgan fingerprint density at radius 3 is 2.86 bits per heavy atom. The number of aliphatic hydroxyl groups is 1. The standard InChI is InChI=1S/C14H19N3O3S/c1-10-4-5-11(2)13(6-10)20-8-12(18)7-17-9-15-14(16-17)21(3)19/h4-6,9,12,18H,7-8H2,1-3H3. The first-order chi connectivity index (χ1) is 9.95. The number of hydrogen-bond donors (Lipinski definition) is 1. The average molecular weight is 309 g/mol. The van der Waals surface area contributed by atoms with Crippen LogP contribution in [0.3, 0.4) is 0 Å². The van der Waals surface area contributed by atoms with E-state index in [2.05, 4.69) is 10.1 Å². The Hall–Kier alpha value is -1.73. The van der Waals surface area contributed by atoms with Gasteiger partial charge in [-0.2, -0.15) is 0 Å². The van der Waals surface area contributed by atoms with Crippen molar-refractivity contribution < 1.29 is 14.1 Å². The maximum Gasteiger partial charge on any atom is 0.238 e. The first-order valence-electron chi connectivity index (χ1n) is 6.56. The third kappa shape index (κ3) is 4.37. The van der Waals surface area contributed by atoms with Crippen molar-refractivity contribution in [2.24, 2.45) is 0 Å². The highest BCUT2D eigenvalue weighted by Crippen LogP contribution is 2.19. The van der Waals surface area contributed by atoms with E-state index in [0.29, 0.717) is 0 Å². The van der Waals surface area contributed by atoms with Crippen LogP contribution in [0.4, 0.5) is 0 Å². The second kappa shape index (κ2) is 6.82. The Morgan fingerprint density at radius 2 is 2.19 bits per heavy atom. The summed E-state index contributed by atoms with van der Waals surface area (Å²) in [4.78, 5) is 3.91. The maximum atomic E-state index is 11.2. The zero-order valence-corrected chi connectivity index (χ0v) is 13.1. The Kier molecular flexibility index (Phi) is 5.08. The summed E-state index contributed by atoms with van der Waals surface area (Å²) in [5.74, 6) is 0.767. The van der Waals surface area contributed by atoms with E-state index in [1.165, 1.54) is 17.3 Å². The topological polar surface area (TPSA) is 77.2 Å². The van der Waals surface area contributed by atoms with Gasteiger partial charge < -0.3 is 9.84 Å². The van der Waals surface area contributed by atoms with Crippen LogP contribution in [0.5, 0.6) is 5.75 Å². The van der Waals surface area contributed by atoms with E-state index in [-0.39, 0.29) is 18.3 Å². The van der Waals surface area contributed by atoms with Crippen LogP contribution in [0.25, 0.3) is 0 Å². The molecule has 2 atom stereocenters. The molecule has 0 fully saturated rings. The predicted molar refractivity (Wildman–Crippen MR) is 79.8 cm³/mol. The largest absolute Gasteiger partial charge is 0.491 e. The molecule has 1 heterocycles. The number of aryl methyl sites for hydroxylation is 2. The third-order valence-corrected chi connectivity index (χ3v) is 3.65. The third-order valence-electron chi connectivity index (χ3n) is 2.95. The molecule has 1 aromatic heterocycles. The molecule has 114 valence electrons. The first kappa shape index (κ1) is 15.7. The quantitative estimate of drug-likeness (QED) is 0.864. The second-order valence-electron chi connectivity index (χ2n) is 4.94. The summed E-state index contributed by atoms with van der Waals surface area (Å²) in [5, 5.41) is 14.3. The van der Waals surface area contributed by atoms with Crippen LogP contribution in [0.15, 0.2) is 29.7 Å². The minimum absolute atomic E-state index is 0.161. The summed E-state index contributed by atoms with van der Waals surface area (Å²) in [5.41, 5.74) is 2.13. The summed E-state index contributed by atoms with van der Waals surface area (Å²) >= 11 is 0. The Labute approximate surface area is 126 Å². The van der Waals surface area contributed by atoms with Gasteiger partial charge in [-0.15, -0.1) is 5.10 Å². The second-order valence-corrected chi connectivity index (χ2v) is 6.21. The molecule has 21 heavy (non-hydrogen) atoms. The molecule has 0 radical (unpaired) electrons. The molecule has 2 aromatic rings. The molecule has 0 saturated carbocycles. The van der Waals surface area contributed by atoms with Crippen molar-refractivity contribution in [1.82, 2.24) is 14.8 Å². The summed E-state index contributed by atoms with van der Waals surface area (Å²) < 4.78 is 18.3. The number of nitrogens with zero attached hydrogens (tertiary/aromatic N) is 3. The molecule has 7 heteroatoms. The summed E-state index contributed by atoms with van der Waals surface area (Å²) in [6.07, 6.45) is 2.25. The van der Waals surface area contributed by atoms with Gasteiger partial charge in [0.25, 0.3) is 0 Å². The van der Waals surface area contributed by atoms with Crippen LogP contribution < -0.4 is 4.74 Å². The van der Waals surface area contributed by atoms with Crippen molar-refractivity contribution in [3.05, 3.63) is 35.7 Å². The molecule has 6 nitrogen and oxygen atoms in total. The summed E-state index contributed by atoms with van der Waals surface area (Å²) in [7, 11) is -1.22. The fraction of sp³-hybridized carbons (Fsp3) is 0.429. The van der Waals surface area contributed by atoms with Crippen molar-refractivity contribution >= 4 is 10.8 Å². The molecule has 0 amide bonds. The van der Waals surface area contributed by atoms with Gasteiger partial charge in [0.1, 0.15) is 24.8 Å². The normalized spacial score (nSPS) is 13.9. The maximum absolute atomic E-state index is 11.2. The lowest BCUT2D eigenvalue weighted by atomic mass is 10.1. The van der Waals surface area contributed by atoms with Crippen molar-refractivity contribution in [2.45, 2.75) is 31.7 Å². The monoisotopic (exact) mass is 309 g/mol. The lowest BCUT2D eigenvalue weighted by Gasteiger charge is -2.14. The molecule has 0 aliphatic heterocycles. The van der Waals surface area contributed by atoms with Crippen LogP contribution >= 0.6 is 0 Å². The number of aromatic nitrogens is 3. The average Bonchev–Trinajstić information content (AvgIpc) is 2.88. The molecule has 0 aliphatic carbocycles.